The maximum absolute atomic E-state index is 5.95. The molecule has 1 heterocycles. The van der Waals surface area contributed by atoms with Crippen molar-refractivity contribution in [3.05, 3.63) is 46.2 Å². The van der Waals surface area contributed by atoms with E-state index in [0.717, 1.165) is 17.8 Å². The number of aromatic nitrogens is 2. The topological polar surface area (TPSA) is 29.9 Å². The van der Waals surface area contributed by atoms with Crippen LogP contribution < -0.4 is 5.32 Å². The lowest BCUT2D eigenvalue weighted by Gasteiger charge is -2.09. The van der Waals surface area contributed by atoms with E-state index in [2.05, 4.69) is 24.3 Å². The molecule has 0 amide bonds. The third-order valence-corrected chi connectivity index (χ3v) is 3.48. The van der Waals surface area contributed by atoms with E-state index in [1.165, 1.54) is 0 Å². The summed E-state index contributed by atoms with van der Waals surface area (Å²) in [6, 6.07) is 7.85. The summed E-state index contributed by atoms with van der Waals surface area (Å²) in [5.41, 5.74) is 1.90. The maximum atomic E-state index is 5.95. The van der Waals surface area contributed by atoms with Gasteiger partial charge in [-0.25, -0.2) is 0 Å². The van der Waals surface area contributed by atoms with Crippen molar-refractivity contribution in [1.29, 1.82) is 0 Å². The van der Waals surface area contributed by atoms with Crippen LogP contribution in [0.1, 0.15) is 32.0 Å². The highest BCUT2D eigenvalue weighted by atomic mass is 35.5. The minimum absolute atomic E-state index is 0.425. The summed E-state index contributed by atoms with van der Waals surface area (Å²) in [6.45, 7) is 4.96. The number of rotatable bonds is 5. The van der Waals surface area contributed by atoms with Crippen LogP contribution in [0.15, 0.2) is 30.5 Å². The molecule has 1 aromatic carbocycles. The van der Waals surface area contributed by atoms with Crippen LogP contribution in [0.4, 0.5) is 5.69 Å². The van der Waals surface area contributed by atoms with Gasteiger partial charge in [-0.3, -0.25) is 4.68 Å². The van der Waals surface area contributed by atoms with E-state index in [4.69, 9.17) is 23.2 Å². The number of hydrogen-bond donors (Lipinski definition) is 1. The molecule has 0 aliphatic carbocycles. The normalized spacial score (nSPS) is 12.4. The number of hydrogen-bond acceptors (Lipinski definition) is 2. The smallest absolute Gasteiger partial charge is 0.0815 e. The lowest BCUT2D eigenvalue weighted by molar-refractivity contribution is 0.474. The Morgan fingerprint density at radius 3 is 2.58 bits per heavy atom. The molecule has 102 valence electrons. The second-order valence-corrected chi connectivity index (χ2v) is 5.43. The zero-order chi connectivity index (χ0) is 13.8. The number of anilines is 1. The summed E-state index contributed by atoms with van der Waals surface area (Å²) in [5, 5.41) is 9.05. The van der Waals surface area contributed by atoms with Gasteiger partial charge in [0.15, 0.2) is 0 Å². The van der Waals surface area contributed by atoms with Gasteiger partial charge in [0.25, 0.3) is 0 Å². The molecular formula is C14H17Cl2N3. The van der Waals surface area contributed by atoms with Crippen molar-refractivity contribution in [2.75, 3.05) is 5.32 Å². The number of nitrogens with zero attached hydrogens (tertiary/aromatic N) is 2. The van der Waals surface area contributed by atoms with Crippen LogP contribution in [0.5, 0.6) is 0 Å². The highest BCUT2D eigenvalue weighted by molar-refractivity contribution is 6.35. The molecule has 0 spiro atoms. The Hall–Kier alpha value is -1.19. The molecule has 1 aromatic heterocycles. The number of nitrogens with one attached hydrogen (secondary N) is 1. The van der Waals surface area contributed by atoms with Crippen LogP contribution in [-0.4, -0.2) is 9.78 Å². The molecule has 1 atom stereocenters. The quantitative estimate of drug-likeness (QED) is 0.861. The van der Waals surface area contributed by atoms with Crippen molar-refractivity contribution in [3.8, 4) is 0 Å². The SMILES string of the molecule is CCC(C)n1ccc(CNc2cc(Cl)cc(Cl)c2)n1. The van der Waals surface area contributed by atoms with E-state index in [0.29, 0.717) is 22.6 Å². The van der Waals surface area contributed by atoms with Crippen LogP contribution in [0, 0.1) is 0 Å². The molecule has 19 heavy (non-hydrogen) atoms. The van der Waals surface area contributed by atoms with E-state index in [-0.39, 0.29) is 0 Å². The summed E-state index contributed by atoms with van der Waals surface area (Å²) in [4.78, 5) is 0. The van der Waals surface area contributed by atoms with Crippen LogP contribution in [0.2, 0.25) is 10.0 Å². The number of benzene rings is 1. The Balaban J connectivity index is 2.00. The van der Waals surface area contributed by atoms with Gasteiger partial charge < -0.3 is 5.32 Å². The second-order valence-electron chi connectivity index (χ2n) is 4.56. The summed E-state index contributed by atoms with van der Waals surface area (Å²) < 4.78 is 1.99. The van der Waals surface area contributed by atoms with Gasteiger partial charge in [0.2, 0.25) is 0 Å². The average molecular weight is 298 g/mol. The van der Waals surface area contributed by atoms with Gasteiger partial charge in [0.1, 0.15) is 0 Å². The van der Waals surface area contributed by atoms with Gasteiger partial charge >= 0.3 is 0 Å². The zero-order valence-corrected chi connectivity index (χ0v) is 12.5. The van der Waals surface area contributed by atoms with Crippen molar-refractivity contribution >= 4 is 28.9 Å². The molecule has 0 fully saturated rings. The molecular weight excluding hydrogens is 281 g/mol. The summed E-state index contributed by atoms with van der Waals surface area (Å²) in [5.74, 6) is 0. The molecule has 1 N–H and O–H groups in total. The van der Waals surface area contributed by atoms with E-state index in [1.54, 1.807) is 6.07 Å². The maximum Gasteiger partial charge on any atom is 0.0815 e. The molecule has 2 rings (SSSR count). The Bertz CT molecular complexity index is 531. The van der Waals surface area contributed by atoms with Crippen molar-refractivity contribution in [3.63, 3.8) is 0 Å². The Kier molecular flexibility index (Phi) is 4.72. The van der Waals surface area contributed by atoms with E-state index in [1.807, 2.05) is 29.1 Å². The van der Waals surface area contributed by atoms with Crippen molar-refractivity contribution in [2.45, 2.75) is 32.9 Å². The Labute approximate surface area is 123 Å². The predicted octanol–water partition coefficient (Wildman–Crippen LogP) is 4.77. The number of halogens is 2. The summed E-state index contributed by atoms with van der Waals surface area (Å²) >= 11 is 11.9. The van der Waals surface area contributed by atoms with Crippen LogP contribution in [-0.2, 0) is 6.54 Å². The fourth-order valence-electron chi connectivity index (χ4n) is 1.75. The standard InChI is InChI=1S/C14H17Cl2N3/c1-3-10(2)19-5-4-13(18-19)9-17-14-7-11(15)6-12(16)8-14/h4-8,10,17H,3,9H2,1-2H3. The summed E-state index contributed by atoms with van der Waals surface area (Å²) in [6.07, 6.45) is 3.08. The molecule has 1 unspecified atom stereocenters. The van der Waals surface area contributed by atoms with Gasteiger partial charge in [-0.2, -0.15) is 5.10 Å². The van der Waals surface area contributed by atoms with Gasteiger partial charge in [0, 0.05) is 28.0 Å². The van der Waals surface area contributed by atoms with Gasteiger partial charge in [-0.15, -0.1) is 0 Å². The molecule has 0 saturated carbocycles. The van der Waals surface area contributed by atoms with Gasteiger partial charge in [-0.1, -0.05) is 30.1 Å². The van der Waals surface area contributed by atoms with E-state index >= 15 is 0 Å². The minimum Gasteiger partial charge on any atom is -0.379 e. The van der Waals surface area contributed by atoms with Gasteiger partial charge in [-0.05, 0) is 37.6 Å². The first-order valence-electron chi connectivity index (χ1n) is 6.32. The third-order valence-electron chi connectivity index (χ3n) is 3.04. The molecule has 0 saturated heterocycles. The minimum atomic E-state index is 0.425. The van der Waals surface area contributed by atoms with Crippen molar-refractivity contribution in [1.82, 2.24) is 9.78 Å². The van der Waals surface area contributed by atoms with Crippen LogP contribution >= 0.6 is 23.2 Å². The lowest BCUT2D eigenvalue weighted by Crippen LogP contribution is -2.06. The Morgan fingerprint density at radius 2 is 1.95 bits per heavy atom. The van der Waals surface area contributed by atoms with E-state index in [9.17, 15) is 0 Å². The van der Waals surface area contributed by atoms with Crippen molar-refractivity contribution < 1.29 is 0 Å². The second kappa shape index (κ2) is 6.31. The molecule has 2 aromatic rings. The highest BCUT2D eigenvalue weighted by Crippen LogP contribution is 2.22. The molecule has 0 aliphatic rings. The molecule has 0 aliphatic heterocycles. The largest absolute Gasteiger partial charge is 0.379 e. The van der Waals surface area contributed by atoms with Crippen LogP contribution in [0.3, 0.4) is 0 Å². The first-order chi connectivity index (χ1) is 9.08. The predicted molar refractivity (Wildman–Crippen MR) is 81.0 cm³/mol. The Morgan fingerprint density at radius 1 is 1.26 bits per heavy atom. The zero-order valence-electron chi connectivity index (χ0n) is 11.0. The fourth-order valence-corrected chi connectivity index (χ4v) is 2.28. The fraction of sp³-hybridized carbons (Fsp3) is 0.357. The molecule has 0 bridgehead atoms. The lowest BCUT2D eigenvalue weighted by atomic mass is 10.3. The molecule has 0 radical (unpaired) electrons. The van der Waals surface area contributed by atoms with E-state index < -0.39 is 0 Å². The highest BCUT2D eigenvalue weighted by Gasteiger charge is 2.05. The summed E-state index contributed by atoms with van der Waals surface area (Å²) in [7, 11) is 0. The average Bonchev–Trinajstić information content (AvgIpc) is 2.83. The first kappa shape index (κ1) is 14.2. The third kappa shape index (κ3) is 3.88. The van der Waals surface area contributed by atoms with Crippen molar-refractivity contribution in [2.24, 2.45) is 0 Å². The van der Waals surface area contributed by atoms with Gasteiger partial charge in [0.05, 0.1) is 12.2 Å². The molecule has 3 nitrogen and oxygen atoms in total. The monoisotopic (exact) mass is 297 g/mol. The molecule has 5 heteroatoms. The van der Waals surface area contributed by atoms with Crippen LogP contribution in [0.25, 0.3) is 0 Å². The first-order valence-corrected chi connectivity index (χ1v) is 7.08.